The number of benzene rings is 1. The molecule has 1 saturated carbocycles. The molecule has 0 bridgehead atoms. The average molecular weight is 383 g/mol. The Bertz CT molecular complexity index is 806. The Morgan fingerprint density at radius 1 is 1.23 bits per heavy atom. The predicted molar refractivity (Wildman–Crippen MR) is 96.9 cm³/mol. The maximum atomic E-state index is 13.4. The second-order valence-electron chi connectivity index (χ2n) is 6.88. The highest BCUT2D eigenvalue weighted by Gasteiger charge is 2.46. The molecule has 1 N–H and O–H groups in total. The van der Waals surface area contributed by atoms with Crippen molar-refractivity contribution in [3.05, 3.63) is 48.4 Å². The Morgan fingerprint density at radius 2 is 2.00 bits per heavy atom. The molecule has 0 amide bonds. The molecule has 0 radical (unpaired) electrons. The van der Waals surface area contributed by atoms with Crippen LogP contribution >= 0.6 is 11.1 Å². The Balaban J connectivity index is 1.47. The molecule has 4 rings (SSSR count). The van der Waals surface area contributed by atoms with E-state index >= 15 is 0 Å². The Morgan fingerprint density at radius 3 is 2.73 bits per heavy atom. The standard InChI is InChI=1S/C18H20F3N3OS/c19-18(20,21)17-23-15-10-22-11-24(15)26(17)16(25)9-12-6-7-14(8-12)13-4-2-1-3-5-13/h1-5,10-12,14,16,25-26H,6-9H2. The molecule has 1 aliphatic carbocycles. The van der Waals surface area contributed by atoms with Crippen LogP contribution in [0.3, 0.4) is 0 Å². The third kappa shape index (κ3) is 3.27. The number of imidazole rings is 1. The Hall–Kier alpha value is -1.80. The molecule has 8 heteroatoms. The molecular weight excluding hydrogens is 363 g/mol. The zero-order chi connectivity index (χ0) is 18.3. The van der Waals surface area contributed by atoms with Crippen molar-refractivity contribution >= 4 is 21.9 Å². The van der Waals surface area contributed by atoms with Gasteiger partial charge >= 0.3 is 6.18 Å². The number of hydrogen-bond donors (Lipinski definition) is 2. The minimum absolute atomic E-state index is 0.177. The molecule has 0 saturated heterocycles. The van der Waals surface area contributed by atoms with Crippen molar-refractivity contribution in [3.63, 3.8) is 0 Å². The first-order valence-electron chi connectivity index (χ1n) is 8.64. The fraction of sp³-hybridized carbons (Fsp3) is 0.444. The van der Waals surface area contributed by atoms with Crippen LogP contribution in [-0.4, -0.2) is 30.7 Å². The van der Waals surface area contributed by atoms with Crippen LogP contribution in [0.25, 0.3) is 0 Å². The van der Waals surface area contributed by atoms with Crippen LogP contribution in [-0.2, 0) is 0 Å². The number of nitrogens with zero attached hydrogens (tertiary/aromatic N) is 3. The molecule has 1 fully saturated rings. The van der Waals surface area contributed by atoms with Crippen molar-refractivity contribution in [2.24, 2.45) is 10.9 Å². The summed E-state index contributed by atoms with van der Waals surface area (Å²) in [5.41, 5.74) is 0.200. The van der Waals surface area contributed by atoms with E-state index in [4.69, 9.17) is 0 Å². The molecule has 2 aromatic rings. The lowest BCUT2D eigenvalue weighted by Crippen LogP contribution is -2.28. The quantitative estimate of drug-likeness (QED) is 0.762. The average Bonchev–Trinajstić information content (AvgIpc) is 3.29. The zero-order valence-electron chi connectivity index (χ0n) is 14.0. The molecule has 4 atom stereocenters. The van der Waals surface area contributed by atoms with Gasteiger partial charge in [0.15, 0.2) is 10.9 Å². The van der Waals surface area contributed by atoms with Gasteiger partial charge in [0.05, 0.1) is 6.20 Å². The summed E-state index contributed by atoms with van der Waals surface area (Å²) in [6.07, 6.45) is 1.32. The number of aliphatic hydroxyl groups is 1. The van der Waals surface area contributed by atoms with Gasteiger partial charge in [0, 0.05) is 0 Å². The summed E-state index contributed by atoms with van der Waals surface area (Å²) in [6, 6.07) is 10.2. The number of aromatic nitrogens is 2. The van der Waals surface area contributed by atoms with E-state index in [1.54, 1.807) is 0 Å². The van der Waals surface area contributed by atoms with Crippen molar-refractivity contribution in [2.75, 3.05) is 0 Å². The van der Waals surface area contributed by atoms with Crippen LogP contribution in [0.2, 0.25) is 0 Å². The molecule has 2 aliphatic rings. The fourth-order valence-electron chi connectivity index (χ4n) is 3.98. The van der Waals surface area contributed by atoms with Crippen LogP contribution in [0.1, 0.15) is 37.2 Å². The van der Waals surface area contributed by atoms with E-state index in [9.17, 15) is 18.3 Å². The van der Waals surface area contributed by atoms with Crippen LogP contribution in [0.5, 0.6) is 0 Å². The van der Waals surface area contributed by atoms with Gasteiger partial charge in [0.25, 0.3) is 0 Å². The number of thiol groups is 1. The largest absolute Gasteiger partial charge is 0.439 e. The second-order valence-corrected chi connectivity index (χ2v) is 9.02. The van der Waals surface area contributed by atoms with E-state index in [2.05, 4.69) is 22.1 Å². The third-order valence-electron chi connectivity index (χ3n) is 5.16. The summed E-state index contributed by atoms with van der Waals surface area (Å²) in [4.78, 5) is 7.55. The highest BCUT2D eigenvalue weighted by molar-refractivity contribution is 8.29. The second kappa shape index (κ2) is 6.74. The van der Waals surface area contributed by atoms with Crippen molar-refractivity contribution in [3.8, 4) is 0 Å². The van der Waals surface area contributed by atoms with Gasteiger partial charge in [-0.1, -0.05) is 41.4 Å². The van der Waals surface area contributed by atoms with E-state index in [1.807, 2.05) is 18.2 Å². The van der Waals surface area contributed by atoms with Gasteiger partial charge in [-0.3, -0.25) is 3.97 Å². The van der Waals surface area contributed by atoms with E-state index in [0.29, 0.717) is 12.3 Å². The molecule has 1 aromatic heterocycles. The molecule has 4 nitrogen and oxygen atoms in total. The Kier molecular flexibility index (Phi) is 4.56. The Labute approximate surface area is 152 Å². The molecule has 4 unspecified atom stereocenters. The monoisotopic (exact) mass is 383 g/mol. The molecule has 2 heterocycles. The van der Waals surface area contributed by atoms with E-state index in [1.165, 1.54) is 22.1 Å². The van der Waals surface area contributed by atoms with Crippen LogP contribution < -0.4 is 0 Å². The summed E-state index contributed by atoms with van der Waals surface area (Å²) in [5.74, 6) is 0.820. The number of hydrogen-bond acceptors (Lipinski definition) is 3. The summed E-state index contributed by atoms with van der Waals surface area (Å²) in [6.45, 7) is 0. The van der Waals surface area contributed by atoms with E-state index in [-0.39, 0.29) is 11.7 Å². The van der Waals surface area contributed by atoms with Crippen molar-refractivity contribution in [2.45, 2.75) is 43.2 Å². The number of alkyl halides is 3. The minimum atomic E-state index is -4.53. The number of rotatable bonds is 4. The number of fused-ring (bicyclic) bond motifs is 1. The first-order chi connectivity index (χ1) is 12.4. The lowest BCUT2D eigenvalue weighted by molar-refractivity contribution is -0.0555. The molecule has 1 aliphatic heterocycles. The number of halogens is 3. The summed E-state index contributed by atoms with van der Waals surface area (Å²) in [7, 11) is 0. The highest BCUT2D eigenvalue weighted by atomic mass is 32.2. The minimum Gasteiger partial charge on any atom is -0.382 e. The molecule has 26 heavy (non-hydrogen) atoms. The number of aliphatic hydroxyl groups excluding tert-OH is 1. The molecule has 140 valence electrons. The van der Waals surface area contributed by atoms with Gasteiger partial charge < -0.3 is 5.11 Å². The van der Waals surface area contributed by atoms with Gasteiger partial charge in [0.2, 0.25) is 0 Å². The van der Waals surface area contributed by atoms with Gasteiger partial charge in [0.1, 0.15) is 11.8 Å². The summed E-state index contributed by atoms with van der Waals surface area (Å²) in [5, 5.41) is 9.80. The topological polar surface area (TPSA) is 50.4 Å². The lowest BCUT2D eigenvalue weighted by Gasteiger charge is -2.28. The van der Waals surface area contributed by atoms with Crippen LogP contribution in [0.4, 0.5) is 19.0 Å². The normalized spacial score (nSPS) is 28.0. The van der Waals surface area contributed by atoms with Gasteiger partial charge in [-0.05, 0) is 43.1 Å². The van der Waals surface area contributed by atoms with Crippen molar-refractivity contribution in [1.29, 1.82) is 0 Å². The zero-order valence-corrected chi connectivity index (χ0v) is 14.9. The number of aliphatic imine (C=N–C) groups is 1. The smallest absolute Gasteiger partial charge is 0.382 e. The van der Waals surface area contributed by atoms with Crippen LogP contribution in [0, 0.1) is 5.92 Å². The van der Waals surface area contributed by atoms with E-state index in [0.717, 1.165) is 19.3 Å². The van der Waals surface area contributed by atoms with Crippen LogP contribution in [0.15, 0.2) is 47.8 Å². The van der Waals surface area contributed by atoms with Gasteiger partial charge in [-0.25, -0.2) is 9.98 Å². The first-order valence-corrected chi connectivity index (χ1v) is 10.0. The van der Waals surface area contributed by atoms with Crippen molar-refractivity contribution < 1.29 is 18.3 Å². The van der Waals surface area contributed by atoms with E-state index < -0.39 is 27.7 Å². The molecular formula is C18H20F3N3OS. The lowest BCUT2D eigenvalue weighted by atomic mass is 9.95. The maximum absolute atomic E-state index is 13.4. The highest BCUT2D eigenvalue weighted by Crippen LogP contribution is 2.51. The molecule has 1 aromatic carbocycles. The van der Waals surface area contributed by atoms with Gasteiger partial charge in [-0.15, -0.1) is 0 Å². The van der Waals surface area contributed by atoms with Crippen molar-refractivity contribution in [1.82, 2.24) is 8.96 Å². The first kappa shape index (κ1) is 17.6. The summed E-state index contributed by atoms with van der Waals surface area (Å²) >= 11 is -1.99. The predicted octanol–water partition coefficient (Wildman–Crippen LogP) is 4.55. The fourth-order valence-corrected chi connectivity index (χ4v) is 6.21. The SMILES string of the molecule is OC(CC1CCC(c2ccccc2)C1)[SH]1C(C(F)(F)F)=Nc2cncn21. The third-order valence-corrected chi connectivity index (χ3v) is 7.50. The van der Waals surface area contributed by atoms with Gasteiger partial charge in [-0.2, -0.15) is 13.2 Å². The maximum Gasteiger partial charge on any atom is 0.439 e. The molecule has 0 spiro atoms. The summed E-state index contributed by atoms with van der Waals surface area (Å²) < 4.78 is 41.4.